The van der Waals surface area contributed by atoms with E-state index in [4.69, 9.17) is 14.5 Å². The molecule has 3 nitrogen and oxygen atoms in total. The molecule has 0 amide bonds. The first-order valence-corrected chi connectivity index (χ1v) is 8.91. The Morgan fingerprint density at radius 1 is 1.00 bits per heavy atom. The van der Waals surface area contributed by atoms with Crippen LogP contribution in [0.25, 0.3) is 10.8 Å². The summed E-state index contributed by atoms with van der Waals surface area (Å²) in [4.78, 5) is 10.9. The van der Waals surface area contributed by atoms with Gasteiger partial charge in [0.15, 0.2) is 5.75 Å². The van der Waals surface area contributed by atoms with Gasteiger partial charge in [0.1, 0.15) is 12.4 Å². The van der Waals surface area contributed by atoms with Gasteiger partial charge in [-0.2, -0.15) is 4.89 Å². The summed E-state index contributed by atoms with van der Waals surface area (Å²) in [6.07, 6.45) is 2.15. The SMILES string of the molecule is CCCCOc1cccc2c1C(c1cccc3ccccc13)COO2. The lowest BCUT2D eigenvalue weighted by atomic mass is 9.87. The highest BCUT2D eigenvalue weighted by atomic mass is 17.2. The van der Waals surface area contributed by atoms with Gasteiger partial charge in [-0.1, -0.05) is 61.9 Å². The molecule has 0 N–H and O–H groups in total. The van der Waals surface area contributed by atoms with Crippen molar-refractivity contribution in [3.05, 3.63) is 71.8 Å². The van der Waals surface area contributed by atoms with Crippen molar-refractivity contribution >= 4 is 10.8 Å². The second kappa shape index (κ2) is 7.16. The summed E-state index contributed by atoms with van der Waals surface area (Å²) in [5.41, 5.74) is 2.33. The van der Waals surface area contributed by atoms with Gasteiger partial charge in [0.05, 0.1) is 12.2 Å². The Labute approximate surface area is 148 Å². The lowest BCUT2D eigenvalue weighted by Crippen LogP contribution is -2.20. The van der Waals surface area contributed by atoms with Crippen LogP contribution < -0.4 is 9.62 Å². The molecule has 3 aromatic rings. The minimum atomic E-state index is 0.0904. The molecule has 4 rings (SSSR count). The minimum Gasteiger partial charge on any atom is -0.493 e. The highest BCUT2D eigenvalue weighted by Gasteiger charge is 2.29. The molecule has 1 unspecified atom stereocenters. The predicted octanol–water partition coefficient (Wildman–Crippen LogP) is 5.47. The first-order valence-electron chi connectivity index (χ1n) is 8.91. The Kier molecular flexibility index (Phi) is 4.57. The Morgan fingerprint density at radius 2 is 1.84 bits per heavy atom. The van der Waals surface area contributed by atoms with Gasteiger partial charge in [0.2, 0.25) is 0 Å². The van der Waals surface area contributed by atoms with Crippen molar-refractivity contribution in [2.75, 3.05) is 13.2 Å². The maximum absolute atomic E-state index is 6.07. The fourth-order valence-electron chi connectivity index (χ4n) is 3.44. The fraction of sp³-hybridized carbons (Fsp3) is 0.273. The number of hydrogen-bond acceptors (Lipinski definition) is 3. The van der Waals surface area contributed by atoms with Crippen molar-refractivity contribution in [3.8, 4) is 11.5 Å². The molecule has 0 fully saturated rings. The van der Waals surface area contributed by atoms with Gasteiger partial charge in [0.25, 0.3) is 0 Å². The number of ether oxygens (including phenoxy) is 1. The number of fused-ring (bicyclic) bond motifs is 2. The summed E-state index contributed by atoms with van der Waals surface area (Å²) in [5, 5.41) is 2.48. The second-order valence-corrected chi connectivity index (χ2v) is 6.36. The molecule has 3 aromatic carbocycles. The first-order chi connectivity index (χ1) is 12.4. The van der Waals surface area contributed by atoms with Crippen LogP contribution in [0.4, 0.5) is 0 Å². The van der Waals surface area contributed by atoms with Crippen LogP contribution in [-0.2, 0) is 4.89 Å². The lowest BCUT2D eigenvalue weighted by Gasteiger charge is -2.27. The van der Waals surface area contributed by atoms with E-state index in [0.29, 0.717) is 6.61 Å². The van der Waals surface area contributed by atoms with E-state index >= 15 is 0 Å². The normalized spacial score (nSPS) is 16.3. The molecule has 128 valence electrons. The third kappa shape index (κ3) is 3.08. The van der Waals surface area contributed by atoms with Crippen LogP contribution in [0.2, 0.25) is 0 Å². The summed E-state index contributed by atoms with van der Waals surface area (Å²) >= 11 is 0. The Balaban J connectivity index is 1.80. The van der Waals surface area contributed by atoms with Crippen LogP contribution in [0, 0.1) is 0 Å². The second-order valence-electron chi connectivity index (χ2n) is 6.36. The van der Waals surface area contributed by atoms with Gasteiger partial charge in [-0.05, 0) is 34.9 Å². The first kappa shape index (κ1) is 16.0. The highest BCUT2D eigenvalue weighted by molar-refractivity contribution is 5.86. The van der Waals surface area contributed by atoms with E-state index < -0.39 is 0 Å². The Bertz CT molecular complexity index is 867. The molecule has 3 heteroatoms. The third-order valence-corrected chi connectivity index (χ3v) is 4.71. The van der Waals surface area contributed by atoms with Crippen molar-refractivity contribution in [3.63, 3.8) is 0 Å². The topological polar surface area (TPSA) is 27.7 Å². The van der Waals surface area contributed by atoms with Crippen molar-refractivity contribution in [2.24, 2.45) is 0 Å². The van der Waals surface area contributed by atoms with Gasteiger partial charge in [0, 0.05) is 5.92 Å². The quantitative estimate of drug-likeness (QED) is 0.457. The van der Waals surface area contributed by atoms with Crippen LogP contribution in [0.3, 0.4) is 0 Å². The van der Waals surface area contributed by atoms with Crippen LogP contribution in [-0.4, -0.2) is 13.2 Å². The van der Waals surface area contributed by atoms with Gasteiger partial charge in [-0.15, -0.1) is 0 Å². The Hall–Kier alpha value is -2.52. The fourth-order valence-corrected chi connectivity index (χ4v) is 3.44. The zero-order valence-electron chi connectivity index (χ0n) is 14.4. The van der Waals surface area contributed by atoms with E-state index in [-0.39, 0.29) is 5.92 Å². The largest absolute Gasteiger partial charge is 0.493 e. The van der Waals surface area contributed by atoms with Crippen molar-refractivity contribution in [2.45, 2.75) is 25.7 Å². The van der Waals surface area contributed by atoms with Crippen LogP contribution in [0.1, 0.15) is 36.8 Å². The summed E-state index contributed by atoms with van der Waals surface area (Å²) in [6.45, 7) is 3.37. The van der Waals surface area contributed by atoms with E-state index in [2.05, 4.69) is 49.4 Å². The van der Waals surface area contributed by atoms with Gasteiger partial charge < -0.3 is 9.62 Å². The van der Waals surface area contributed by atoms with Crippen LogP contribution >= 0.6 is 0 Å². The highest BCUT2D eigenvalue weighted by Crippen LogP contribution is 2.43. The molecule has 1 atom stereocenters. The van der Waals surface area contributed by atoms with Crippen molar-refractivity contribution < 1.29 is 14.5 Å². The van der Waals surface area contributed by atoms with Gasteiger partial charge in [-0.25, -0.2) is 0 Å². The van der Waals surface area contributed by atoms with E-state index in [1.54, 1.807) is 0 Å². The molecule has 25 heavy (non-hydrogen) atoms. The third-order valence-electron chi connectivity index (χ3n) is 4.71. The van der Waals surface area contributed by atoms with Gasteiger partial charge in [-0.3, -0.25) is 0 Å². The van der Waals surface area contributed by atoms with E-state index in [1.165, 1.54) is 16.3 Å². The average molecular weight is 334 g/mol. The summed E-state index contributed by atoms with van der Waals surface area (Å²) in [7, 11) is 0. The minimum absolute atomic E-state index is 0.0904. The zero-order chi connectivity index (χ0) is 17.1. The molecule has 1 aliphatic heterocycles. The molecule has 0 radical (unpaired) electrons. The van der Waals surface area contributed by atoms with Crippen LogP contribution in [0.5, 0.6) is 11.5 Å². The maximum Gasteiger partial charge on any atom is 0.173 e. The standard InChI is InChI=1S/C22H22O3/c1-2-3-14-23-20-12-7-13-21-22(20)19(15-24-25-21)18-11-6-9-16-8-4-5-10-17(16)18/h4-13,19H,2-3,14-15H2,1H3. The molecule has 0 saturated heterocycles. The monoisotopic (exact) mass is 334 g/mol. The zero-order valence-corrected chi connectivity index (χ0v) is 14.4. The summed E-state index contributed by atoms with van der Waals surface area (Å²) in [6, 6.07) is 20.8. The summed E-state index contributed by atoms with van der Waals surface area (Å²) in [5.74, 6) is 1.73. The number of benzene rings is 3. The van der Waals surface area contributed by atoms with Crippen molar-refractivity contribution in [1.29, 1.82) is 0 Å². The van der Waals surface area contributed by atoms with E-state index in [9.17, 15) is 0 Å². The van der Waals surface area contributed by atoms with Crippen molar-refractivity contribution in [1.82, 2.24) is 0 Å². The molecule has 0 bridgehead atoms. The molecule has 0 aromatic heterocycles. The van der Waals surface area contributed by atoms with Crippen LogP contribution in [0.15, 0.2) is 60.7 Å². The smallest absolute Gasteiger partial charge is 0.173 e. The maximum atomic E-state index is 6.07. The predicted molar refractivity (Wildman–Crippen MR) is 99.2 cm³/mol. The molecule has 0 aliphatic carbocycles. The van der Waals surface area contributed by atoms with E-state index in [1.807, 2.05) is 18.2 Å². The summed E-state index contributed by atoms with van der Waals surface area (Å²) < 4.78 is 6.07. The molecule has 0 spiro atoms. The number of unbranched alkanes of at least 4 members (excludes halogenated alkanes) is 1. The van der Waals surface area contributed by atoms with E-state index in [0.717, 1.165) is 36.5 Å². The molecule has 1 heterocycles. The molecular formula is C22H22O3. The Morgan fingerprint density at radius 3 is 2.76 bits per heavy atom. The molecular weight excluding hydrogens is 312 g/mol. The molecule has 0 saturated carbocycles. The average Bonchev–Trinajstić information content (AvgIpc) is 2.67. The van der Waals surface area contributed by atoms with Gasteiger partial charge >= 0.3 is 0 Å². The number of rotatable bonds is 5. The lowest BCUT2D eigenvalue weighted by molar-refractivity contribution is -0.219. The number of hydrogen-bond donors (Lipinski definition) is 0. The molecule has 1 aliphatic rings.